The van der Waals surface area contributed by atoms with Gasteiger partial charge in [0.2, 0.25) is 0 Å². The number of nitrogens with zero attached hydrogens (tertiary/aromatic N) is 7. The fourth-order valence-electron chi connectivity index (χ4n) is 5.25. The minimum absolute atomic E-state index is 0.0416. The van der Waals surface area contributed by atoms with Crippen LogP contribution in [0.4, 0.5) is 20.3 Å². The minimum atomic E-state index is -2.87. The summed E-state index contributed by atoms with van der Waals surface area (Å²) in [6, 6.07) is 12.0. The molecule has 0 saturated carbocycles. The highest BCUT2D eigenvalue weighted by Crippen LogP contribution is 2.28. The zero-order valence-electron chi connectivity index (χ0n) is 22.3. The molecule has 0 bridgehead atoms. The summed E-state index contributed by atoms with van der Waals surface area (Å²) < 4.78 is 33.3. The Morgan fingerprint density at radius 2 is 1.83 bits per heavy atom. The molecule has 0 spiro atoms. The monoisotopic (exact) mass is 558 g/mol. The lowest BCUT2D eigenvalue weighted by molar-refractivity contribution is -0.0498. The van der Waals surface area contributed by atoms with Crippen molar-refractivity contribution < 1.29 is 18.3 Å². The van der Waals surface area contributed by atoms with Crippen LogP contribution in [0, 0.1) is 12.8 Å². The number of likely N-dealkylation sites (tertiary alicyclic amines) is 1. The molecular formula is C29H28F2N8O2. The van der Waals surface area contributed by atoms with E-state index in [4.69, 9.17) is 0 Å². The summed E-state index contributed by atoms with van der Waals surface area (Å²) in [5.74, 6) is 1.18. The second-order valence-electron chi connectivity index (χ2n) is 10.1. The molecule has 210 valence electrons. The number of hydrogen-bond acceptors (Lipinski definition) is 7. The first-order valence-corrected chi connectivity index (χ1v) is 13.3. The number of aromatic nitrogens is 6. The molecule has 1 N–H and O–H groups in total. The van der Waals surface area contributed by atoms with Gasteiger partial charge >= 0.3 is 6.61 Å². The zero-order chi connectivity index (χ0) is 28.3. The number of anilines is 2. The number of ether oxygens (including phenoxy) is 1. The predicted molar refractivity (Wildman–Crippen MR) is 148 cm³/mol. The summed E-state index contributed by atoms with van der Waals surface area (Å²) in [4.78, 5) is 24.2. The Bertz CT molecular complexity index is 1650. The van der Waals surface area contributed by atoms with Crippen LogP contribution in [0.2, 0.25) is 0 Å². The Morgan fingerprint density at radius 3 is 2.54 bits per heavy atom. The summed E-state index contributed by atoms with van der Waals surface area (Å²) in [5, 5.41) is 11.0. The third kappa shape index (κ3) is 5.72. The maximum absolute atomic E-state index is 13.3. The van der Waals surface area contributed by atoms with Gasteiger partial charge in [-0.15, -0.1) is 10.2 Å². The van der Waals surface area contributed by atoms with Gasteiger partial charge in [-0.3, -0.25) is 9.20 Å². The standard InChI is InChI=1S/C29H28F2N8O2/c1-19-14-22(4-7-24(19)28(40)38-11-8-20(9-12-38)16-37-17-34-35-18-37)36-26-27-33-15-25(39(27)13-10-32-26)21-2-5-23(6-3-21)41-29(30)31/h2-7,10,13-15,17-18,20,29H,8-9,11-12,16H2,1H3,(H,32,36). The van der Waals surface area contributed by atoms with Gasteiger partial charge in [-0.1, -0.05) is 0 Å². The zero-order valence-corrected chi connectivity index (χ0v) is 22.3. The number of aryl methyl sites for hydroxylation is 1. The molecular weight excluding hydrogens is 530 g/mol. The van der Waals surface area contributed by atoms with E-state index in [9.17, 15) is 13.6 Å². The van der Waals surface area contributed by atoms with Gasteiger partial charge in [0.05, 0.1) is 11.9 Å². The van der Waals surface area contributed by atoms with Crippen LogP contribution in [-0.2, 0) is 6.54 Å². The summed E-state index contributed by atoms with van der Waals surface area (Å²) >= 11 is 0. The number of rotatable bonds is 8. The van der Waals surface area contributed by atoms with E-state index in [1.807, 2.05) is 39.0 Å². The largest absolute Gasteiger partial charge is 0.435 e. The summed E-state index contributed by atoms with van der Waals surface area (Å²) in [7, 11) is 0. The van der Waals surface area contributed by atoms with Gasteiger partial charge in [0.1, 0.15) is 18.4 Å². The molecule has 0 radical (unpaired) electrons. The number of halogens is 2. The van der Waals surface area contributed by atoms with Crippen molar-refractivity contribution in [2.75, 3.05) is 18.4 Å². The normalized spacial score (nSPS) is 14.1. The number of imidazole rings is 1. The third-order valence-corrected chi connectivity index (χ3v) is 7.36. The van der Waals surface area contributed by atoms with Crippen molar-refractivity contribution in [2.24, 2.45) is 5.92 Å². The summed E-state index contributed by atoms with van der Waals surface area (Å²) in [5.41, 5.74) is 4.50. The van der Waals surface area contributed by atoms with E-state index >= 15 is 0 Å². The van der Waals surface area contributed by atoms with Crippen molar-refractivity contribution in [2.45, 2.75) is 32.9 Å². The van der Waals surface area contributed by atoms with Crippen LogP contribution in [0.1, 0.15) is 28.8 Å². The molecule has 6 rings (SSSR count). The van der Waals surface area contributed by atoms with E-state index in [1.165, 1.54) is 12.1 Å². The van der Waals surface area contributed by atoms with Crippen molar-refractivity contribution in [1.82, 2.24) is 34.0 Å². The van der Waals surface area contributed by atoms with E-state index in [2.05, 4.69) is 30.2 Å². The Morgan fingerprint density at radius 1 is 1.07 bits per heavy atom. The highest BCUT2D eigenvalue weighted by atomic mass is 19.3. The molecule has 1 fully saturated rings. The number of alkyl halides is 2. The first-order valence-electron chi connectivity index (χ1n) is 13.3. The molecule has 5 aromatic rings. The van der Waals surface area contributed by atoms with Gasteiger partial charge in [-0.25, -0.2) is 9.97 Å². The third-order valence-electron chi connectivity index (χ3n) is 7.36. The van der Waals surface area contributed by atoms with E-state index in [-0.39, 0.29) is 11.7 Å². The average Bonchev–Trinajstić information content (AvgIpc) is 3.64. The number of amides is 1. The number of piperidine rings is 1. The topological polar surface area (TPSA) is 102 Å². The number of nitrogens with one attached hydrogen (secondary N) is 1. The van der Waals surface area contributed by atoms with Crippen molar-refractivity contribution >= 4 is 23.1 Å². The fourth-order valence-corrected chi connectivity index (χ4v) is 5.25. The molecule has 12 heteroatoms. The van der Waals surface area contributed by atoms with Crippen LogP contribution in [0.25, 0.3) is 16.9 Å². The van der Waals surface area contributed by atoms with Crippen molar-refractivity contribution in [3.8, 4) is 17.0 Å². The van der Waals surface area contributed by atoms with Crippen LogP contribution in [-0.4, -0.2) is 59.6 Å². The number of carbonyl (C=O) groups excluding carboxylic acids is 1. The maximum atomic E-state index is 13.3. The molecule has 1 aliphatic rings. The van der Waals surface area contributed by atoms with Crippen LogP contribution in [0.3, 0.4) is 0 Å². The smallest absolute Gasteiger partial charge is 0.387 e. The lowest BCUT2D eigenvalue weighted by Gasteiger charge is -2.32. The van der Waals surface area contributed by atoms with Gasteiger partial charge in [-0.2, -0.15) is 8.78 Å². The van der Waals surface area contributed by atoms with Crippen molar-refractivity contribution in [3.05, 3.63) is 84.8 Å². The van der Waals surface area contributed by atoms with E-state index in [0.29, 0.717) is 22.9 Å². The quantitative estimate of drug-likeness (QED) is 0.280. The van der Waals surface area contributed by atoms with Gasteiger partial charge in [-0.05, 0) is 73.7 Å². The fraction of sp³-hybridized carbons (Fsp3) is 0.276. The number of hydrogen-bond donors (Lipinski definition) is 1. The van der Waals surface area contributed by atoms with E-state index in [0.717, 1.165) is 55.0 Å². The molecule has 1 saturated heterocycles. The molecule has 0 unspecified atom stereocenters. The molecule has 0 atom stereocenters. The van der Waals surface area contributed by atoms with Gasteiger partial charge in [0, 0.05) is 48.8 Å². The lowest BCUT2D eigenvalue weighted by Crippen LogP contribution is -2.39. The van der Waals surface area contributed by atoms with Crippen molar-refractivity contribution in [1.29, 1.82) is 0 Å². The van der Waals surface area contributed by atoms with Crippen LogP contribution >= 0.6 is 0 Å². The maximum Gasteiger partial charge on any atom is 0.387 e. The lowest BCUT2D eigenvalue weighted by atomic mass is 9.95. The predicted octanol–water partition coefficient (Wildman–Crippen LogP) is 5.19. The molecule has 41 heavy (non-hydrogen) atoms. The molecule has 10 nitrogen and oxygen atoms in total. The number of fused-ring (bicyclic) bond motifs is 1. The summed E-state index contributed by atoms with van der Waals surface area (Å²) in [6.45, 7) is 1.37. The molecule has 1 amide bonds. The van der Waals surface area contributed by atoms with E-state index in [1.54, 1.807) is 43.4 Å². The summed E-state index contributed by atoms with van der Waals surface area (Å²) in [6.07, 6.45) is 10.5. The molecule has 4 heterocycles. The van der Waals surface area contributed by atoms with Crippen LogP contribution in [0.15, 0.2) is 73.7 Å². The molecule has 0 aliphatic carbocycles. The Balaban J connectivity index is 1.14. The number of benzene rings is 2. The number of carbonyl (C=O) groups is 1. The van der Waals surface area contributed by atoms with Crippen LogP contribution in [0.5, 0.6) is 5.75 Å². The molecule has 3 aromatic heterocycles. The van der Waals surface area contributed by atoms with Gasteiger partial charge in [0.25, 0.3) is 5.91 Å². The average molecular weight is 559 g/mol. The Kier molecular flexibility index (Phi) is 7.28. The Labute approximate surface area is 234 Å². The first-order chi connectivity index (χ1) is 19.9. The highest BCUT2D eigenvalue weighted by molar-refractivity contribution is 5.96. The minimum Gasteiger partial charge on any atom is -0.435 e. The van der Waals surface area contributed by atoms with E-state index < -0.39 is 6.61 Å². The molecule has 1 aliphatic heterocycles. The first kappa shape index (κ1) is 26.4. The highest BCUT2D eigenvalue weighted by Gasteiger charge is 2.25. The molecule has 2 aromatic carbocycles. The second kappa shape index (κ2) is 11.3. The van der Waals surface area contributed by atoms with Gasteiger partial charge < -0.3 is 19.5 Å². The van der Waals surface area contributed by atoms with Crippen molar-refractivity contribution in [3.63, 3.8) is 0 Å². The van der Waals surface area contributed by atoms with Gasteiger partial charge in [0.15, 0.2) is 11.5 Å². The SMILES string of the molecule is Cc1cc(Nc2nccn3c(-c4ccc(OC(F)F)cc4)cnc23)ccc1C(=O)N1CCC(Cn2cnnc2)CC1. The van der Waals surface area contributed by atoms with Crippen LogP contribution < -0.4 is 10.1 Å². The Hall–Kier alpha value is -4.87. The second-order valence-corrected chi connectivity index (χ2v) is 10.1.